The van der Waals surface area contributed by atoms with Gasteiger partial charge in [-0.2, -0.15) is 0 Å². The third kappa shape index (κ3) is 2.58. The minimum Gasteiger partial charge on any atom is -0.497 e. The molecule has 2 aliphatic carbocycles. The summed E-state index contributed by atoms with van der Waals surface area (Å²) in [7, 11) is 1.69. The molecule has 3 nitrogen and oxygen atoms in total. The molecule has 1 N–H and O–H groups in total. The van der Waals surface area contributed by atoms with Gasteiger partial charge < -0.3 is 9.84 Å². The van der Waals surface area contributed by atoms with Gasteiger partial charge in [0.15, 0.2) is 0 Å². The molecule has 3 heteroatoms. The number of aryl methyl sites for hydroxylation is 1. The molecule has 0 heterocycles. The van der Waals surface area contributed by atoms with Crippen molar-refractivity contribution in [3.05, 3.63) is 35.4 Å². The fraction of sp³-hybridized carbons (Fsp3) is 0.526. The predicted octanol–water partition coefficient (Wildman–Crippen LogP) is 3.54. The van der Waals surface area contributed by atoms with E-state index in [1.54, 1.807) is 7.11 Å². The van der Waals surface area contributed by atoms with Crippen LogP contribution in [0.25, 0.3) is 5.57 Å². The molecule has 22 heavy (non-hydrogen) atoms. The average Bonchev–Trinajstić information content (AvgIpc) is 2.80. The van der Waals surface area contributed by atoms with E-state index in [2.05, 4.69) is 18.2 Å². The zero-order chi connectivity index (χ0) is 15.7. The maximum Gasteiger partial charge on any atom is 0.141 e. The summed E-state index contributed by atoms with van der Waals surface area (Å²) in [5.74, 6) is 1.09. The van der Waals surface area contributed by atoms with Crippen molar-refractivity contribution in [1.82, 2.24) is 0 Å². The first-order chi connectivity index (χ1) is 10.5. The Balaban J connectivity index is 1.86. The number of aliphatic hydroxyl groups is 1. The smallest absolute Gasteiger partial charge is 0.141 e. The average molecular weight is 300 g/mol. The Labute approximate surface area is 132 Å². The van der Waals surface area contributed by atoms with Crippen LogP contribution < -0.4 is 4.74 Å². The zero-order valence-corrected chi connectivity index (χ0v) is 13.4. The van der Waals surface area contributed by atoms with Crippen LogP contribution in [0.3, 0.4) is 0 Å². The van der Waals surface area contributed by atoms with Gasteiger partial charge in [-0.25, -0.2) is 0 Å². The number of carbonyl (C=O) groups is 1. The number of hydrogen-bond acceptors (Lipinski definition) is 3. The van der Waals surface area contributed by atoms with Gasteiger partial charge in [-0.3, -0.25) is 4.79 Å². The minimum absolute atomic E-state index is 0.197. The largest absolute Gasteiger partial charge is 0.497 e. The predicted molar refractivity (Wildman–Crippen MR) is 86.9 cm³/mol. The Bertz CT molecular complexity index is 617. The third-order valence-corrected chi connectivity index (χ3v) is 5.34. The van der Waals surface area contributed by atoms with Crippen molar-refractivity contribution in [2.45, 2.75) is 51.6 Å². The summed E-state index contributed by atoms with van der Waals surface area (Å²) in [5, 5.41) is 10.1. The molecular formula is C19H24O3. The summed E-state index contributed by atoms with van der Waals surface area (Å²) >= 11 is 0. The van der Waals surface area contributed by atoms with Crippen LogP contribution >= 0.6 is 0 Å². The lowest BCUT2D eigenvalue weighted by molar-refractivity contribution is -0.127. The highest BCUT2D eigenvalue weighted by Crippen LogP contribution is 2.40. The number of rotatable bonds is 3. The lowest BCUT2D eigenvalue weighted by Crippen LogP contribution is -2.32. The second kappa shape index (κ2) is 5.88. The van der Waals surface area contributed by atoms with Gasteiger partial charge in [0.25, 0.3) is 0 Å². The SMILES string of the molecule is COc1ccc2c(c1)CCCC2=CC[C@@]1(C)C(=O)CC[C@@H]1O. The van der Waals surface area contributed by atoms with Crippen molar-refractivity contribution in [2.75, 3.05) is 7.11 Å². The molecular weight excluding hydrogens is 276 g/mol. The second-order valence-corrected chi connectivity index (χ2v) is 6.71. The number of fused-ring (bicyclic) bond motifs is 1. The Hall–Kier alpha value is -1.61. The lowest BCUT2D eigenvalue weighted by atomic mass is 9.79. The molecule has 2 aliphatic rings. The summed E-state index contributed by atoms with van der Waals surface area (Å²) < 4.78 is 5.30. The van der Waals surface area contributed by atoms with E-state index >= 15 is 0 Å². The summed E-state index contributed by atoms with van der Waals surface area (Å²) in [6.07, 6.45) is 6.66. The highest BCUT2D eigenvalue weighted by molar-refractivity contribution is 5.88. The van der Waals surface area contributed by atoms with E-state index < -0.39 is 11.5 Å². The van der Waals surface area contributed by atoms with Crippen LogP contribution in [0, 0.1) is 5.41 Å². The molecule has 0 spiro atoms. The Morgan fingerprint density at radius 3 is 2.86 bits per heavy atom. The van der Waals surface area contributed by atoms with Gasteiger partial charge in [0.05, 0.1) is 18.6 Å². The highest BCUT2D eigenvalue weighted by atomic mass is 16.5. The van der Waals surface area contributed by atoms with Crippen LogP contribution in [0.1, 0.15) is 50.2 Å². The van der Waals surface area contributed by atoms with Gasteiger partial charge in [-0.15, -0.1) is 0 Å². The monoisotopic (exact) mass is 300 g/mol. The Kier molecular flexibility index (Phi) is 4.09. The van der Waals surface area contributed by atoms with Gasteiger partial charge in [-0.1, -0.05) is 12.1 Å². The van der Waals surface area contributed by atoms with E-state index in [0.29, 0.717) is 19.3 Å². The number of allylic oxidation sites excluding steroid dienone is 2. The molecule has 1 saturated carbocycles. The number of benzene rings is 1. The first-order valence-electron chi connectivity index (χ1n) is 8.12. The van der Waals surface area contributed by atoms with Gasteiger partial charge >= 0.3 is 0 Å². The molecule has 0 amide bonds. The molecule has 1 aromatic carbocycles. The molecule has 3 rings (SSSR count). The molecule has 118 valence electrons. The normalized spacial score (nSPS) is 29.7. The molecule has 0 saturated heterocycles. The number of hydrogen-bond donors (Lipinski definition) is 1. The van der Waals surface area contributed by atoms with Crippen molar-refractivity contribution in [2.24, 2.45) is 5.41 Å². The zero-order valence-electron chi connectivity index (χ0n) is 13.4. The first kappa shape index (κ1) is 15.3. The number of Topliss-reactive ketones (excluding diaryl/α,β-unsaturated/α-hetero) is 1. The van der Waals surface area contributed by atoms with Crippen molar-refractivity contribution in [3.63, 3.8) is 0 Å². The van der Waals surface area contributed by atoms with Crippen molar-refractivity contribution in [1.29, 1.82) is 0 Å². The number of methoxy groups -OCH3 is 1. The number of carbonyl (C=O) groups excluding carboxylic acids is 1. The van der Waals surface area contributed by atoms with E-state index in [0.717, 1.165) is 25.0 Å². The number of aliphatic hydroxyl groups excluding tert-OH is 1. The summed E-state index contributed by atoms with van der Waals surface area (Å²) in [5.41, 5.74) is 3.30. The number of ether oxygens (including phenoxy) is 1. The van der Waals surface area contributed by atoms with Gasteiger partial charge in [0.1, 0.15) is 11.5 Å². The highest BCUT2D eigenvalue weighted by Gasteiger charge is 2.44. The van der Waals surface area contributed by atoms with Crippen LogP contribution in [0.15, 0.2) is 24.3 Å². The van der Waals surface area contributed by atoms with Crippen LogP contribution in [-0.4, -0.2) is 24.1 Å². The standard InChI is InChI=1S/C19H24O3/c1-19(17(20)8-9-18(19)21)11-10-13-4-3-5-14-12-15(22-2)6-7-16(13)14/h6-7,10,12,17,20H,3-5,8-9,11H2,1-2H3/t17-,19+/m0/s1. The summed E-state index contributed by atoms with van der Waals surface area (Å²) in [6, 6.07) is 6.23. The van der Waals surface area contributed by atoms with E-state index in [-0.39, 0.29) is 5.78 Å². The fourth-order valence-corrected chi connectivity index (χ4v) is 3.68. The molecule has 0 bridgehead atoms. The molecule has 1 aromatic rings. The third-order valence-electron chi connectivity index (χ3n) is 5.34. The molecule has 0 aromatic heterocycles. The molecule has 0 unspecified atom stereocenters. The molecule has 0 radical (unpaired) electrons. The van der Waals surface area contributed by atoms with E-state index in [1.807, 2.05) is 13.0 Å². The fourth-order valence-electron chi connectivity index (χ4n) is 3.68. The first-order valence-corrected chi connectivity index (χ1v) is 8.12. The Morgan fingerprint density at radius 2 is 2.18 bits per heavy atom. The maximum atomic E-state index is 12.1. The van der Waals surface area contributed by atoms with Crippen LogP contribution in [-0.2, 0) is 11.2 Å². The topological polar surface area (TPSA) is 46.5 Å². The van der Waals surface area contributed by atoms with Crippen molar-refractivity contribution < 1.29 is 14.6 Å². The van der Waals surface area contributed by atoms with Crippen molar-refractivity contribution in [3.8, 4) is 5.75 Å². The van der Waals surface area contributed by atoms with E-state index in [4.69, 9.17) is 4.74 Å². The van der Waals surface area contributed by atoms with Gasteiger partial charge in [-0.05, 0) is 67.9 Å². The molecule has 0 aliphatic heterocycles. The van der Waals surface area contributed by atoms with Crippen LogP contribution in [0.2, 0.25) is 0 Å². The quantitative estimate of drug-likeness (QED) is 0.929. The number of ketones is 1. The molecule has 1 fully saturated rings. The van der Waals surface area contributed by atoms with Gasteiger partial charge in [0.2, 0.25) is 0 Å². The molecule has 2 atom stereocenters. The summed E-state index contributed by atoms with van der Waals surface area (Å²) in [4.78, 5) is 12.1. The maximum absolute atomic E-state index is 12.1. The lowest BCUT2D eigenvalue weighted by Gasteiger charge is -2.26. The van der Waals surface area contributed by atoms with Crippen LogP contribution in [0.4, 0.5) is 0 Å². The van der Waals surface area contributed by atoms with E-state index in [1.165, 1.54) is 16.7 Å². The second-order valence-electron chi connectivity index (χ2n) is 6.71. The minimum atomic E-state index is -0.600. The van der Waals surface area contributed by atoms with E-state index in [9.17, 15) is 9.90 Å². The van der Waals surface area contributed by atoms with Gasteiger partial charge in [0, 0.05) is 6.42 Å². The summed E-state index contributed by atoms with van der Waals surface area (Å²) in [6.45, 7) is 1.90. The van der Waals surface area contributed by atoms with Crippen LogP contribution in [0.5, 0.6) is 5.75 Å². The van der Waals surface area contributed by atoms with Crippen molar-refractivity contribution >= 4 is 11.4 Å². The Morgan fingerprint density at radius 1 is 1.36 bits per heavy atom.